The lowest BCUT2D eigenvalue weighted by Crippen LogP contribution is -2.19. The first-order valence-electron chi connectivity index (χ1n) is 7.93. The van der Waals surface area contributed by atoms with Crippen molar-refractivity contribution in [1.82, 2.24) is 14.5 Å². The van der Waals surface area contributed by atoms with Crippen molar-refractivity contribution in [2.45, 2.75) is 43.4 Å². The van der Waals surface area contributed by atoms with E-state index in [4.69, 9.17) is 4.98 Å². The highest BCUT2D eigenvalue weighted by Crippen LogP contribution is 2.34. The molecule has 2 fully saturated rings. The summed E-state index contributed by atoms with van der Waals surface area (Å²) in [5, 5.41) is 0.763. The third kappa shape index (κ3) is 2.82. The average molecular weight is 319 g/mol. The Kier molecular flexibility index (Phi) is 4.12. The minimum Gasteiger partial charge on any atom is -0.309 e. The largest absolute Gasteiger partial charge is 0.309 e. The molecule has 0 spiro atoms. The molecule has 0 radical (unpaired) electrons. The molecule has 0 amide bonds. The summed E-state index contributed by atoms with van der Waals surface area (Å²) in [6.07, 6.45) is 8.27. The number of hydrogen-bond acceptors (Lipinski definition) is 4. The molecule has 3 nitrogen and oxygen atoms in total. The van der Waals surface area contributed by atoms with Gasteiger partial charge >= 0.3 is 0 Å². The number of nitrogens with zero attached hydrogens (tertiary/aromatic N) is 3. The summed E-state index contributed by atoms with van der Waals surface area (Å²) < 4.78 is 2.48. The summed E-state index contributed by atoms with van der Waals surface area (Å²) in [5.41, 5.74) is 2.18. The van der Waals surface area contributed by atoms with Gasteiger partial charge in [0.2, 0.25) is 0 Å². The van der Waals surface area contributed by atoms with Crippen LogP contribution in [0.4, 0.5) is 0 Å². The van der Waals surface area contributed by atoms with Gasteiger partial charge in [0, 0.05) is 23.9 Å². The van der Waals surface area contributed by atoms with E-state index in [1.54, 1.807) is 0 Å². The van der Waals surface area contributed by atoms with E-state index in [0.717, 1.165) is 22.8 Å². The van der Waals surface area contributed by atoms with Crippen LogP contribution in [-0.2, 0) is 6.42 Å². The van der Waals surface area contributed by atoms with Gasteiger partial charge in [-0.15, -0.1) is 0 Å². The van der Waals surface area contributed by atoms with Crippen LogP contribution in [0, 0.1) is 0 Å². The molecule has 0 aliphatic carbocycles. The van der Waals surface area contributed by atoms with Crippen molar-refractivity contribution < 1.29 is 0 Å². The average Bonchev–Trinajstić information content (AvgIpc) is 3.15. The lowest BCUT2D eigenvalue weighted by molar-refractivity contribution is 0.460. The van der Waals surface area contributed by atoms with E-state index in [0.29, 0.717) is 6.04 Å². The number of rotatable bonds is 3. The summed E-state index contributed by atoms with van der Waals surface area (Å²) in [4.78, 5) is 9.57. The Balaban J connectivity index is 1.72. The minimum atomic E-state index is 0.604. The van der Waals surface area contributed by atoms with Crippen molar-refractivity contribution in [3.63, 3.8) is 0 Å². The molecule has 0 aromatic carbocycles. The summed E-state index contributed by atoms with van der Waals surface area (Å²) in [7, 11) is 0. The van der Waals surface area contributed by atoms with E-state index in [-0.39, 0.29) is 0 Å². The first-order valence-corrected chi connectivity index (χ1v) is 10.1. The predicted molar refractivity (Wildman–Crippen MR) is 92.3 cm³/mol. The van der Waals surface area contributed by atoms with Gasteiger partial charge in [0.1, 0.15) is 11.3 Å². The summed E-state index contributed by atoms with van der Waals surface area (Å²) >= 11 is 4.21. The topological polar surface area (TPSA) is 30.7 Å². The molecule has 0 bridgehead atoms. The molecule has 2 aromatic heterocycles. The van der Waals surface area contributed by atoms with Crippen molar-refractivity contribution in [3.05, 3.63) is 24.2 Å². The summed E-state index contributed by atoms with van der Waals surface area (Å²) in [6, 6.07) is 4.72. The molecule has 2 aliphatic heterocycles. The highest BCUT2D eigenvalue weighted by Gasteiger charge is 2.25. The second-order valence-electron chi connectivity index (χ2n) is 5.93. The van der Waals surface area contributed by atoms with Crippen LogP contribution in [0.1, 0.15) is 37.5 Å². The van der Waals surface area contributed by atoms with Crippen LogP contribution in [0.2, 0.25) is 0 Å². The van der Waals surface area contributed by atoms with Gasteiger partial charge in [-0.3, -0.25) is 0 Å². The van der Waals surface area contributed by atoms with Crippen molar-refractivity contribution in [2.24, 2.45) is 0 Å². The highest BCUT2D eigenvalue weighted by molar-refractivity contribution is 8.00. The smallest absolute Gasteiger partial charge is 0.160 e. The molecule has 4 rings (SSSR count). The number of fused-ring (bicyclic) bond motifs is 1. The maximum atomic E-state index is 4.93. The van der Waals surface area contributed by atoms with E-state index < -0.39 is 0 Å². The molecule has 1 unspecified atom stereocenters. The molecule has 2 saturated heterocycles. The molecule has 2 aromatic rings. The van der Waals surface area contributed by atoms with Crippen molar-refractivity contribution in [1.29, 1.82) is 0 Å². The van der Waals surface area contributed by atoms with Gasteiger partial charge < -0.3 is 4.57 Å². The Morgan fingerprint density at radius 3 is 2.90 bits per heavy atom. The summed E-state index contributed by atoms with van der Waals surface area (Å²) in [5.74, 6) is 5.15. The van der Waals surface area contributed by atoms with E-state index in [9.17, 15) is 0 Å². The zero-order valence-corrected chi connectivity index (χ0v) is 13.8. The number of aromatic nitrogens is 3. The fraction of sp³-hybridized carbons (Fsp3) is 0.625. The Labute approximate surface area is 134 Å². The number of hydrogen-bond donors (Lipinski definition) is 0. The van der Waals surface area contributed by atoms with Crippen molar-refractivity contribution in [2.75, 3.05) is 17.3 Å². The maximum absolute atomic E-state index is 4.93. The monoisotopic (exact) mass is 319 g/mol. The number of thioether (sulfide) groups is 2. The van der Waals surface area contributed by atoms with Gasteiger partial charge in [-0.2, -0.15) is 23.5 Å². The van der Waals surface area contributed by atoms with Crippen LogP contribution >= 0.6 is 23.5 Å². The normalized spacial score (nSPS) is 23.9. The van der Waals surface area contributed by atoms with Crippen LogP contribution in [0.5, 0.6) is 0 Å². The predicted octanol–water partition coefficient (Wildman–Crippen LogP) is 3.94. The van der Waals surface area contributed by atoms with E-state index in [1.165, 1.54) is 48.8 Å². The van der Waals surface area contributed by atoms with Crippen LogP contribution in [0.3, 0.4) is 0 Å². The van der Waals surface area contributed by atoms with Crippen molar-refractivity contribution >= 4 is 34.7 Å². The molecular formula is C16H21N3S2. The Morgan fingerprint density at radius 2 is 2.10 bits per heavy atom. The van der Waals surface area contributed by atoms with E-state index >= 15 is 0 Å². The molecule has 0 N–H and O–H groups in total. The standard InChI is InChI=1S/C16H21N3S2/c1-4-14-16(17-7-1)19(12-5-9-20-10-6-12)15(18-14)11-13-3-2-8-21-13/h1,4,7,12-13H,2-3,5-6,8-11H2. The zero-order valence-electron chi connectivity index (χ0n) is 12.2. The van der Waals surface area contributed by atoms with Crippen LogP contribution < -0.4 is 0 Å². The molecule has 2 aliphatic rings. The fourth-order valence-corrected chi connectivity index (χ4v) is 5.81. The first kappa shape index (κ1) is 13.9. The maximum Gasteiger partial charge on any atom is 0.160 e. The van der Waals surface area contributed by atoms with E-state index in [2.05, 4.69) is 39.1 Å². The highest BCUT2D eigenvalue weighted by atomic mass is 32.2. The van der Waals surface area contributed by atoms with Gasteiger partial charge in [-0.25, -0.2) is 9.97 Å². The Morgan fingerprint density at radius 1 is 1.19 bits per heavy atom. The van der Waals surface area contributed by atoms with E-state index in [1.807, 2.05) is 12.3 Å². The lowest BCUT2D eigenvalue weighted by atomic mass is 10.1. The first-order chi connectivity index (χ1) is 10.4. The Bertz CT molecular complexity index is 613. The van der Waals surface area contributed by atoms with Crippen molar-refractivity contribution in [3.8, 4) is 0 Å². The third-order valence-corrected chi connectivity index (χ3v) is 6.96. The zero-order chi connectivity index (χ0) is 14.1. The molecule has 4 heterocycles. The lowest BCUT2D eigenvalue weighted by Gasteiger charge is -2.25. The van der Waals surface area contributed by atoms with Gasteiger partial charge in [0.15, 0.2) is 5.65 Å². The van der Waals surface area contributed by atoms with Crippen LogP contribution in [-0.4, -0.2) is 37.0 Å². The van der Waals surface area contributed by atoms with Gasteiger partial charge in [-0.1, -0.05) is 0 Å². The van der Waals surface area contributed by atoms with Gasteiger partial charge in [-0.05, 0) is 55.1 Å². The quantitative estimate of drug-likeness (QED) is 0.857. The second-order valence-corrected chi connectivity index (χ2v) is 8.56. The third-order valence-electron chi connectivity index (χ3n) is 4.51. The van der Waals surface area contributed by atoms with Crippen LogP contribution in [0.25, 0.3) is 11.2 Å². The van der Waals surface area contributed by atoms with Crippen LogP contribution in [0.15, 0.2) is 18.3 Å². The van der Waals surface area contributed by atoms with Gasteiger partial charge in [0.05, 0.1) is 0 Å². The minimum absolute atomic E-state index is 0.604. The number of imidazole rings is 1. The fourth-order valence-electron chi connectivity index (χ4n) is 3.46. The molecular weight excluding hydrogens is 298 g/mol. The molecule has 112 valence electrons. The molecule has 21 heavy (non-hydrogen) atoms. The Hall–Kier alpha value is -0.680. The SMILES string of the molecule is c1cnc2c(c1)nc(CC1CCCS1)n2C1CCSCC1. The molecule has 0 saturated carbocycles. The molecule has 1 atom stereocenters. The summed E-state index contributed by atoms with van der Waals surface area (Å²) in [6.45, 7) is 0. The number of pyridine rings is 1. The molecule has 5 heteroatoms. The second kappa shape index (κ2) is 6.21. The van der Waals surface area contributed by atoms with Gasteiger partial charge in [0.25, 0.3) is 0 Å².